The Morgan fingerprint density at radius 2 is 2.12 bits per heavy atom. The number of cyclic esters (lactones) is 1. The van der Waals surface area contributed by atoms with E-state index in [1.165, 1.54) is 23.3 Å². The fourth-order valence-electron chi connectivity index (χ4n) is 3.70. The molecule has 0 saturated carbocycles. The number of carbonyl (C=O) groups is 2. The molecule has 2 amide bonds. The number of ether oxygens (including phenoxy) is 2. The Morgan fingerprint density at radius 3 is 2.73 bits per heavy atom. The predicted molar refractivity (Wildman–Crippen MR) is 110 cm³/mol. The molecule has 176 valence electrons. The molecule has 4 rings (SSSR count). The normalized spacial score (nSPS) is 19.3. The number of anilines is 1. The van der Waals surface area contributed by atoms with Crippen LogP contribution in [-0.2, 0) is 9.53 Å². The van der Waals surface area contributed by atoms with Crippen molar-refractivity contribution in [3.05, 3.63) is 47.7 Å². The first-order valence-electron chi connectivity index (χ1n) is 10.2. The van der Waals surface area contributed by atoms with Gasteiger partial charge in [0.05, 0.1) is 12.2 Å². The summed E-state index contributed by atoms with van der Waals surface area (Å²) in [6, 6.07) is 3.63. The van der Waals surface area contributed by atoms with Crippen LogP contribution in [0.5, 0.6) is 5.88 Å². The summed E-state index contributed by atoms with van der Waals surface area (Å²) < 4.78 is 45.0. The number of benzene rings is 1. The zero-order chi connectivity index (χ0) is 23.5. The van der Waals surface area contributed by atoms with Crippen molar-refractivity contribution in [3.63, 3.8) is 0 Å². The van der Waals surface area contributed by atoms with E-state index in [2.05, 4.69) is 9.68 Å². The number of hydrogen-bond donors (Lipinski definition) is 2. The molecule has 1 aromatic carbocycles. The number of aliphatic hydroxyl groups is 1. The fraction of sp³-hybridized carbons (Fsp3) is 0.381. The van der Waals surface area contributed by atoms with Gasteiger partial charge in [0.2, 0.25) is 0 Å². The van der Waals surface area contributed by atoms with E-state index in [0.717, 1.165) is 17.0 Å². The third-order valence-corrected chi connectivity index (χ3v) is 5.39. The van der Waals surface area contributed by atoms with Gasteiger partial charge in [0.15, 0.2) is 6.10 Å². The molecule has 0 aliphatic carbocycles. The van der Waals surface area contributed by atoms with Crippen molar-refractivity contribution in [1.29, 1.82) is 0 Å². The fourth-order valence-corrected chi connectivity index (χ4v) is 3.70. The molecule has 1 saturated heterocycles. The van der Waals surface area contributed by atoms with Crippen molar-refractivity contribution >= 4 is 23.3 Å². The van der Waals surface area contributed by atoms with Crippen molar-refractivity contribution in [2.75, 3.05) is 37.7 Å². The summed E-state index contributed by atoms with van der Waals surface area (Å²) in [5, 5.41) is 13.2. The van der Waals surface area contributed by atoms with Gasteiger partial charge in [0.25, 0.3) is 11.8 Å². The van der Waals surface area contributed by atoms with Crippen molar-refractivity contribution in [3.8, 4) is 5.88 Å². The van der Waals surface area contributed by atoms with E-state index in [4.69, 9.17) is 15.2 Å². The van der Waals surface area contributed by atoms with E-state index < -0.39 is 35.8 Å². The largest absolute Gasteiger partial charge is 0.471 e. The number of rotatable bonds is 7. The average Bonchev–Trinajstić information content (AvgIpc) is 3.46. The average molecular weight is 464 g/mol. The van der Waals surface area contributed by atoms with Gasteiger partial charge in [0.1, 0.15) is 30.6 Å². The Labute approximate surface area is 187 Å². The SMILES string of the molecule is NC[C@@H](O)C(=O)N1CC=C(c2c(F)cc(N3C[C@H](COc4ccon4)OC3=O)cc2F)CC1. The highest BCUT2D eigenvalue weighted by Crippen LogP contribution is 2.32. The molecular formula is C21H22F2N4O6. The lowest BCUT2D eigenvalue weighted by molar-refractivity contribution is -0.139. The van der Waals surface area contributed by atoms with Crippen LogP contribution < -0.4 is 15.4 Å². The number of halogens is 2. The minimum absolute atomic E-state index is 0.00121. The molecule has 2 aromatic rings. The van der Waals surface area contributed by atoms with Crippen LogP contribution in [0.4, 0.5) is 19.3 Å². The molecule has 0 spiro atoms. The molecule has 3 N–H and O–H groups in total. The minimum atomic E-state index is -1.31. The first-order chi connectivity index (χ1) is 15.9. The van der Waals surface area contributed by atoms with E-state index in [1.54, 1.807) is 0 Å². The Kier molecular flexibility index (Phi) is 6.56. The van der Waals surface area contributed by atoms with Crippen molar-refractivity contribution in [1.82, 2.24) is 10.1 Å². The van der Waals surface area contributed by atoms with Gasteiger partial charge >= 0.3 is 6.09 Å². The third-order valence-electron chi connectivity index (χ3n) is 5.39. The molecule has 10 nitrogen and oxygen atoms in total. The third kappa shape index (κ3) is 4.81. The Hall–Kier alpha value is -3.51. The predicted octanol–water partition coefficient (Wildman–Crippen LogP) is 1.29. The quantitative estimate of drug-likeness (QED) is 0.627. The summed E-state index contributed by atoms with van der Waals surface area (Å²) in [6.07, 6.45) is 0.346. The van der Waals surface area contributed by atoms with Gasteiger partial charge < -0.3 is 29.7 Å². The molecular weight excluding hydrogens is 442 g/mol. The monoisotopic (exact) mass is 464 g/mol. The summed E-state index contributed by atoms with van der Waals surface area (Å²) in [5.41, 5.74) is 5.49. The first-order valence-corrected chi connectivity index (χ1v) is 10.2. The Balaban J connectivity index is 1.45. The van der Waals surface area contributed by atoms with Gasteiger partial charge in [-0.3, -0.25) is 9.69 Å². The topological polar surface area (TPSA) is 131 Å². The van der Waals surface area contributed by atoms with Crippen LogP contribution in [-0.4, -0.2) is 72.2 Å². The number of aromatic nitrogens is 1. The summed E-state index contributed by atoms with van der Waals surface area (Å²) in [6.45, 7) is 0.116. The summed E-state index contributed by atoms with van der Waals surface area (Å²) in [7, 11) is 0. The van der Waals surface area contributed by atoms with Crippen LogP contribution in [0.15, 0.2) is 35.1 Å². The molecule has 2 aliphatic heterocycles. The summed E-state index contributed by atoms with van der Waals surface area (Å²) >= 11 is 0. The lowest BCUT2D eigenvalue weighted by Crippen LogP contribution is -2.44. The molecule has 0 bridgehead atoms. The number of amides is 2. The molecule has 12 heteroatoms. The van der Waals surface area contributed by atoms with Gasteiger partial charge in [0, 0.05) is 31.3 Å². The highest BCUT2D eigenvalue weighted by Gasteiger charge is 2.34. The number of nitrogens with two attached hydrogens (primary N) is 1. The summed E-state index contributed by atoms with van der Waals surface area (Å²) in [5.74, 6) is -1.98. The van der Waals surface area contributed by atoms with Gasteiger partial charge in [-0.25, -0.2) is 13.6 Å². The maximum atomic E-state index is 14.9. The van der Waals surface area contributed by atoms with Crippen molar-refractivity contribution < 1.29 is 37.5 Å². The second kappa shape index (κ2) is 9.55. The van der Waals surface area contributed by atoms with Gasteiger partial charge in [-0.2, -0.15) is 0 Å². The van der Waals surface area contributed by atoms with Crippen LogP contribution >= 0.6 is 0 Å². The van der Waals surface area contributed by atoms with Crippen LogP contribution in [0, 0.1) is 11.6 Å². The van der Waals surface area contributed by atoms with E-state index in [0.29, 0.717) is 5.57 Å². The first kappa shape index (κ1) is 22.7. The van der Waals surface area contributed by atoms with Crippen molar-refractivity contribution in [2.45, 2.75) is 18.6 Å². The summed E-state index contributed by atoms with van der Waals surface area (Å²) in [4.78, 5) is 26.7. The highest BCUT2D eigenvalue weighted by atomic mass is 19.1. The number of nitrogens with zero attached hydrogens (tertiary/aromatic N) is 3. The molecule has 0 radical (unpaired) electrons. The molecule has 1 fully saturated rings. The molecule has 3 heterocycles. The van der Waals surface area contributed by atoms with E-state index in [9.17, 15) is 23.5 Å². The maximum Gasteiger partial charge on any atom is 0.414 e. The lowest BCUT2D eigenvalue weighted by Gasteiger charge is -2.28. The second-order valence-corrected chi connectivity index (χ2v) is 7.56. The van der Waals surface area contributed by atoms with E-state index in [-0.39, 0.29) is 56.3 Å². The molecule has 0 unspecified atom stereocenters. The molecule has 2 atom stereocenters. The lowest BCUT2D eigenvalue weighted by atomic mass is 9.97. The number of carbonyl (C=O) groups excluding carboxylic acids is 2. The van der Waals surface area contributed by atoms with Crippen LogP contribution in [0.25, 0.3) is 5.57 Å². The Bertz CT molecular complexity index is 1040. The van der Waals surface area contributed by atoms with Crippen molar-refractivity contribution in [2.24, 2.45) is 5.73 Å². The van der Waals surface area contributed by atoms with Crippen LogP contribution in [0.3, 0.4) is 0 Å². The maximum absolute atomic E-state index is 14.9. The van der Waals surface area contributed by atoms with Gasteiger partial charge in [-0.05, 0) is 29.3 Å². The van der Waals surface area contributed by atoms with Crippen LogP contribution in [0.1, 0.15) is 12.0 Å². The van der Waals surface area contributed by atoms with Gasteiger partial charge in [-0.15, -0.1) is 0 Å². The zero-order valence-electron chi connectivity index (χ0n) is 17.4. The zero-order valence-corrected chi connectivity index (χ0v) is 17.4. The smallest absolute Gasteiger partial charge is 0.414 e. The highest BCUT2D eigenvalue weighted by molar-refractivity contribution is 5.90. The Morgan fingerprint density at radius 1 is 1.36 bits per heavy atom. The molecule has 2 aliphatic rings. The number of hydrogen-bond acceptors (Lipinski definition) is 8. The van der Waals surface area contributed by atoms with Gasteiger partial charge in [-0.1, -0.05) is 6.08 Å². The van der Waals surface area contributed by atoms with E-state index >= 15 is 0 Å². The molecule has 1 aromatic heterocycles. The second-order valence-electron chi connectivity index (χ2n) is 7.56. The minimum Gasteiger partial charge on any atom is -0.471 e. The van der Waals surface area contributed by atoms with E-state index in [1.807, 2.05) is 0 Å². The van der Waals surface area contributed by atoms with Crippen LogP contribution in [0.2, 0.25) is 0 Å². The molecule has 33 heavy (non-hydrogen) atoms. The number of aliphatic hydroxyl groups excluding tert-OH is 1. The standard InChI is InChI=1S/C21H22F2N4O6/c22-15-7-13(27-10-14(33-21(27)30)11-31-18-3-6-32-25-18)8-16(23)19(15)12-1-4-26(5-2-12)20(29)17(28)9-24/h1,3,6-8,14,17,28H,2,4-5,9-11,24H2/t14-,17-/m1/s1.